The highest BCUT2D eigenvalue weighted by Gasteiger charge is 2.36. The first-order valence-electron chi connectivity index (χ1n) is 4.17. The number of amides is 1. The summed E-state index contributed by atoms with van der Waals surface area (Å²) < 4.78 is 0. The van der Waals surface area contributed by atoms with Crippen molar-refractivity contribution in [2.24, 2.45) is 0 Å². The Morgan fingerprint density at radius 3 is 2.75 bits per heavy atom. The van der Waals surface area contributed by atoms with Crippen molar-refractivity contribution in [3.8, 4) is 0 Å². The summed E-state index contributed by atoms with van der Waals surface area (Å²) in [6.07, 6.45) is 2.06. The van der Waals surface area contributed by atoms with Crippen molar-refractivity contribution < 1.29 is 9.90 Å². The summed E-state index contributed by atoms with van der Waals surface area (Å²) in [5.74, 6) is 0.388. The summed E-state index contributed by atoms with van der Waals surface area (Å²) in [6.45, 7) is 2.53. The second-order valence-corrected chi connectivity index (χ2v) is 3.79. The lowest BCUT2D eigenvalue weighted by atomic mass is 9.91. The minimum absolute atomic E-state index is 0.342. The lowest BCUT2D eigenvalue weighted by Gasteiger charge is -2.41. The van der Waals surface area contributed by atoms with Gasteiger partial charge in [0, 0.05) is 12.4 Å². The molecule has 0 aromatic rings. The van der Waals surface area contributed by atoms with Crippen LogP contribution in [-0.4, -0.2) is 34.1 Å². The van der Waals surface area contributed by atoms with Gasteiger partial charge in [0.1, 0.15) is 0 Å². The molecule has 0 unspecified atom stereocenters. The number of carbonyl (C=O) groups is 1. The van der Waals surface area contributed by atoms with Crippen molar-refractivity contribution >= 4 is 17.7 Å². The first-order valence-corrected chi connectivity index (χ1v) is 4.70. The zero-order valence-corrected chi connectivity index (χ0v) is 7.97. The number of piperidine rings is 1. The summed E-state index contributed by atoms with van der Waals surface area (Å²) in [6, 6.07) is 0. The van der Waals surface area contributed by atoms with Crippen LogP contribution in [0.3, 0.4) is 0 Å². The molecule has 1 rings (SSSR count). The van der Waals surface area contributed by atoms with Crippen molar-refractivity contribution in [1.29, 1.82) is 0 Å². The van der Waals surface area contributed by atoms with Gasteiger partial charge in [0.2, 0.25) is 0 Å². The number of carboxylic acid groups (broad SMARTS) is 1. The molecule has 0 aromatic carbocycles. The largest absolute Gasteiger partial charge is 0.465 e. The van der Waals surface area contributed by atoms with E-state index in [1.54, 1.807) is 0 Å². The summed E-state index contributed by atoms with van der Waals surface area (Å²) >= 11 is 5.76. The van der Waals surface area contributed by atoms with E-state index in [0.717, 1.165) is 19.3 Å². The Morgan fingerprint density at radius 2 is 2.33 bits per heavy atom. The van der Waals surface area contributed by atoms with Gasteiger partial charge in [-0.05, 0) is 26.2 Å². The molecule has 3 nitrogen and oxygen atoms in total. The maximum atomic E-state index is 10.8. The molecule has 0 aliphatic carbocycles. The number of rotatable bonds is 1. The van der Waals surface area contributed by atoms with Crippen LogP contribution in [0, 0.1) is 0 Å². The van der Waals surface area contributed by atoms with Crippen LogP contribution in [0.25, 0.3) is 0 Å². The van der Waals surface area contributed by atoms with E-state index in [9.17, 15) is 4.79 Å². The van der Waals surface area contributed by atoms with E-state index >= 15 is 0 Å². The first kappa shape index (κ1) is 9.65. The molecule has 0 aromatic heterocycles. The predicted octanol–water partition coefficient (Wildman–Crippen LogP) is 2.15. The fraction of sp³-hybridized carbons (Fsp3) is 0.875. The Labute approximate surface area is 77.3 Å². The van der Waals surface area contributed by atoms with Crippen LogP contribution < -0.4 is 0 Å². The molecule has 0 saturated carbocycles. The van der Waals surface area contributed by atoms with Gasteiger partial charge < -0.3 is 10.0 Å². The quantitative estimate of drug-likeness (QED) is 0.646. The molecule has 4 heteroatoms. The minimum atomic E-state index is -0.849. The molecule has 1 saturated heterocycles. The average Bonchev–Trinajstić information content (AvgIpc) is 2.05. The van der Waals surface area contributed by atoms with Crippen molar-refractivity contribution in [2.45, 2.75) is 31.7 Å². The molecule has 1 N–H and O–H groups in total. The molecule has 1 aliphatic rings. The standard InChI is InChI=1S/C8H14ClNO2/c1-8(6-9)4-2-3-5-10(8)7(11)12/h2-6H2,1H3,(H,11,12)/t8-/m1/s1. The van der Waals surface area contributed by atoms with Crippen LogP contribution in [0.2, 0.25) is 0 Å². The number of hydrogen-bond acceptors (Lipinski definition) is 1. The second kappa shape index (κ2) is 3.52. The van der Waals surface area contributed by atoms with Gasteiger partial charge in [0.25, 0.3) is 0 Å². The molecule has 1 heterocycles. The molecule has 12 heavy (non-hydrogen) atoms. The highest BCUT2D eigenvalue weighted by Crippen LogP contribution is 2.28. The lowest BCUT2D eigenvalue weighted by Crippen LogP contribution is -2.53. The molecule has 70 valence electrons. The molecule has 0 spiro atoms. The smallest absolute Gasteiger partial charge is 0.407 e. The van der Waals surface area contributed by atoms with E-state index in [-0.39, 0.29) is 5.54 Å². The fourth-order valence-electron chi connectivity index (χ4n) is 1.65. The SMILES string of the molecule is C[C@]1(CCl)CCCCN1C(=O)O. The van der Waals surface area contributed by atoms with E-state index < -0.39 is 6.09 Å². The lowest BCUT2D eigenvalue weighted by molar-refractivity contribution is 0.0699. The van der Waals surface area contributed by atoms with Gasteiger partial charge in [-0.25, -0.2) is 4.79 Å². The van der Waals surface area contributed by atoms with Gasteiger partial charge in [-0.15, -0.1) is 11.6 Å². The van der Waals surface area contributed by atoms with Crippen LogP contribution in [0.15, 0.2) is 0 Å². The third-order valence-corrected chi connectivity index (χ3v) is 3.09. The van der Waals surface area contributed by atoms with Crippen molar-refractivity contribution in [3.05, 3.63) is 0 Å². The normalized spacial score (nSPS) is 30.3. The van der Waals surface area contributed by atoms with E-state index in [1.807, 2.05) is 6.92 Å². The maximum Gasteiger partial charge on any atom is 0.407 e. The average molecular weight is 192 g/mol. The molecule has 1 fully saturated rings. The highest BCUT2D eigenvalue weighted by molar-refractivity contribution is 6.18. The van der Waals surface area contributed by atoms with Crippen LogP contribution in [-0.2, 0) is 0 Å². The highest BCUT2D eigenvalue weighted by atomic mass is 35.5. The molecule has 1 atom stereocenters. The van der Waals surface area contributed by atoms with E-state index in [1.165, 1.54) is 4.90 Å². The third kappa shape index (κ3) is 1.66. The summed E-state index contributed by atoms with van der Waals surface area (Å²) in [7, 11) is 0. The number of hydrogen-bond donors (Lipinski definition) is 1. The minimum Gasteiger partial charge on any atom is -0.465 e. The van der Waals surface area contributed by atoms with E-state index in [0.29, 0.717) is 12.4 Å². The molecule has 0 bridgehead atoms. The Morgan fingerprint density at radius 1 is 1.67 bits per heavy atom. The van der Waals surface area contributed by atoms with Crippen LogP contribution in [0.5, 0.6) is 0 Å². The second-order valence-electron chi connectivity index (χ2n) is 3.52. The van der Waals surface area contributed by atoms with Gasteiger partial charge in [-0.1, -0.05) is 0 Å². The van der Waals surface area contributed by atoms with Gasteiger partial charge in [-0.3, -0.25) is 0 Å². The van der Waals surface area contributed by atoms with Crippen LogP contribution in [0.4, 0.5) is 4.79 Å². The molecular formula is C8H14ClNO2. The van der Waals surface area contributed by atoms with Crippen LogP contribution in [0.1, 0.15) is 26.2 Å². The summed E-state index contributed by atoms with van der Waals surface area (Å²) in [4.78, 5) is 12.3. The fourth-order valence-corrected chi connectivity index (χ4v) is 1.92. The zero-order valence-electron chi connectivity index (χ0n) is 7.22. The predicted molar refractivity (Wildman–Crippen MR) is 47.7 cm³/mol. The van der Waals surface area contributed by atoms with Gasteiger partial charge in [0.05, 0.1) is 5.54 Å². The number of nitrogens with zero attached hydrogens (tertiary/aromatic N) is 1. The number of halogens is 1. The topological polar surface area (TPSA) is 40.5 Å². The molecule has 0 radical (unpaired) electrons. The first-order chi connectivity index (χ1) is 5.60. The monoisotopic (exact) mass is 191 g/mol. The van der Waals surface area contributed by atoms with Crippen LogP contribution >= 0.6 is 11.6 Å². The molecular weight excluding hydrogens is 178 g/mol. The molecule has 1 aliphatic heterocycles. The van der Waals surface area contributed by atoms with Gasteiger partial charge >= 0.3 is 6.09 Å². The maximum absolute atomic E-state index is 10.8. The van der Waals surface area contributed by atoms with E-state index in [4.69, 9.17) is 16.7 Å². The van der Waals surface area contributed by atoms with Gasteiger partial charge in [0.15, 0.2) is 0 Å². The number of likely N-dealkylation sites (tertiary alicyclic amines) is 1. The van der Waals surface area contributed by atoms with Crippen molar-refractivity contribution in [1.82, 2.24) is 4.90 Å². The third-order valence-electron chi connectivity index (χ3n) is 2.52. The van der Waals surface area contributed by atoms with E-state index in [2.05, 4.69) is 0 Å². The molecule has 1 amide bonds. The summed E-state index contributed by atoms with van der Waals surface area (Å²) in [5, 5.41) is 8.87. The Kier molecular flexibility index (Phi) is 2.83. The van der Waals surface area contributed by atoms with Crippen molar-refractivity contribution in [2.75, 3.05) is 12.4 Å². The van der Waals surface area contributed by atoms with Gasteiger partial charge in [-0.2, -0.15) is 0 Å². The summed E-state index contributed by atoms with van der Waals surface area (Å²) in [5.41, 5.74) is -0.342. The zero-order chi connectivity index (χ0) is 9.19. The Hall–Kier alpha value is -0.440. The van der Waals surface area contributed by atoms with Crippen molar-refractivity contribution in [3.63, 3.8) is 0 Å². The number of alkyl halides is 1. The Balaban J connectivity index is 2.73. The Bertz CT molecular complexity index is 186.